The van der Waals surface area contributed by atoms with E-state index < -0.39 is 6.23 Å². The largest absolute Gasteiger partial charge is 0.377 e. The van der Waals surface area contributed by atoms with Gasteiger partial charge in [-0.25, -0.2) is 0 Å². The van der Waals surface area contributed by atoms with Crippen molar-refractivity contribution >= 4 is 0 Å². The lowest BCUT2D eigenvalue weighted by Crippen LogP contribution is -2.32. The zero-order valence-corrected chi connectivity index (χ0v) is 8.21. The summed E-state index contributed by atoms with van der Waals surface area (Å²) in [6, 6.07) is 0. The molecular formula is C8H20N2O2. The first-order valence-corrected chi connectivity index (χ1v) is 4.48. The second kappa shape index (κ2) is 7.49. The van der Waals surface area contributed by atoms with Crippen molar-refractivity contribution in [2.45, 2.75) is 27.0 Å². The van der Waals surface area contributed by atoms with Gasteiger partial charge in [0.15, 0.2) is 0 Å². The Morgan fingerprint density at radius 1 is 1.42 bits per heavy atom. The Bertz CT molecular complexity index is 95.1. The maximum Gasteiger partial charge on any atom is 0.124 e. The van der Waals surface area contributed by atoms with Gasteiger partial charge in [0.05, 0.1) is 6.61 Å². The highest BCUT2D eigenvalue weighted by atomic mass is 16.7. The van der Waals surface area contributed by atoms with E-state index in [1.54, 1.807) is 6.92 Å². The zero-order valence-electron chi connectivity index (χ0n) is 8.21. The standard InChI is InChI=1S/C8H20N2O2/c1-4-10(5-2)6-7-12-9-8(3)11/h8-9,11H,4-7H2,1-3H3. The molecule has 1 unspecified atom stereocenters. The van der Waals surface area contributed by atoms with Crippen LogP contribution in [-0.4, -0.2) is 42.5 Å². The second-order valence-electron chi connectivity index (χ2n) is 2.67. The van der Waals surface area contributed by atoms with Crippen LogP contribution < -0.4 is 5.48 Å². The molecular weight excluding hydrogens is 156 g/mol. The lowest BCUT2D eigenvalue weighted by atomic mass is 10.5. The summed E-state index contributed by atoms with van der Waals surface area (Å²) in [5.74, 6) is 0. The van der Waals surface area contributed by atoms with E-state index in [9.17, 15) is 0 Å². The lowest BCUT2D eigenvalue weighted by molar-refractivity contribution is -0.0534. The van der Waals surface area contributed by atoms with Gasteiger partial charge < -0.3 is 10.0 Å². The van der Waals surface area contributed by atoms with E-state index in [1.807, 2.05) is 0 Å². The topological polar surface area (TPSA) is 44.7 Å². The zero-order chi connectivity index (χ0) is 9.40. The normalized spacial score (nSPS) is 13.8. The predicted molar refractivity (Wildman–Crippen MR) is 48.6 cm³/mol. The van der Waals surface area contributed by atoms with E-state index in [0.29, 0.717) is 6.61 Å². The summed E-state index contributed by atoms with van der Waals surface area (Å²) in [4.78, 5) is 7.24. The third kappa shape index (κ3) is 6.54. The molecule has 4 nitrogen and oxygen atoms in total. The SMILES string of the molecule is CCN(CC)CCONC(C)O. The van der Waals surface area contributed by atoms with Crippen molar-refractivity contribution in [2.24, 2.45) is 0 Å². The number of aliphatic hydroxyl groups is 1. The van der Waals surface area contributed by atoms with Crippen LogP contribution in [0.1, 0.15) is 20.8 Å². The first-order valence-electron chi connectivity index (χ1n) is 4.48. The van der Waals surface area contributed by atoms with Gasteiger partial charge in [-0.3, -0.25) is 4.84 Å². The minimum Gasteiger partial charge on any atom is -0.377 e. The molecule has 0 heterocycles. The molecule has 74 valence electrons. The van der Waals surface area contributed by atoms with Crippen LogP contribution in [0, 0.1) is 0 Å². The third-order valence-corrected chi connectivity index (χ3v) is 1.66. The Labute approximate surface area is 74.5 Å². The Hall–Kier alpha value is -0.160. The van der Waals surface area contributed by atoms with Gasteiger partial charge in [-0.15, -0.1) is 0 Å². The molecule has 4 heteroatoms. The highest BCUT2D eigenvalue weighted by Crippen LogP contribution is 1.85. The number of hydrogen-bond acceptors (Lipinski definition) is 4. The van der Waals surface area contributed by atoms with Gasteiger partial charge in [0.1, 0.15) is 6.23 Å². The predicted octanol–water partition coefficient (Wildman–Crippen LogP) is 0.188. The van der Waals surface area contributed by atoms with Gasteiger partial charge in [0.25, 0.3) is 0 Å². The average Bonchev–Trinajstić information content (AvgIpc) is 2.04. The van der Waals surface area contributed by atoms with Gasteiger partial charge in [0, 0.05) is 6.54 Å². The van der Waals surface area contributed by atoms with Crippen molar-refractivity contribution in [3.05, 3.63) is 0 Å². The minimum absolute atomic E-state index is 0.596. The van der Waals surface area contributed by atoms with Crippen LogP contribution in [0.2, 0.25) is 0 Å². The van der Waals surface area contributed by atoms with E-state index in [4.69, 9.17) is 9.94 Å². The van der Waals surface area contributed by atoms with Crippen LogP contribution in [0.3, 0.4) is 0 Å². The van der Waals surface area contributed by atoms with Crippen molar-refractivity contribution in [3.8, 4) is 0 Å². The van der Waals surface area contributed by atoms with Crippen molar-refractivity contribution in [1.82, 2.24) is 10.4 Å². The molecule has 0 amide bonds. The first kappa shape index (κ1) is 11.8. The fraction of sp³-hybridized carbons (Fsp3) is 1.00. The van der Waals surface area contributed by atoms with Crippen molar-refractivity contribution < 1.29 is 9.94 Å². The van der Waals surface area contributed by atoms with Gasteiger partial charge in [-0.2, -0.15) is 5.48 Å². The summed E-state index contributed by atoms with van der Waals surface area (Å²) >= 11 is 0. The van der Waals surface area contributed by atoms with Crippen molar-refractivity contribution in [1.29, 1.82) is 0 Å². The third-order valence-electron chi connectivity index (χ3n) is 1.66. The van der Waals surface area contributed by atoms with Crippen LogP contribution in [0.15, 0.2) is 0 Å². The Morgan fingerprint density at radius 3 is 2.42 bits per heavy atom. The molecule has 0 fully saturated rings. The maximum atomic E-state index is 8.78. The molecule has 0 bridgehead atoms. The van der Waals surface area contributed by atoms with Crippen LogP contribution in [0.5, 0.6) is 0 Å². The molecule has 0 aliphatic carbocycles. The number of hydroxylamine groups is 1. The maximum absolute atomic E-state index is 8.78. The summed E-state index contributed by atoms with van der Waals surface area (Å²) in [6.07, 6.45) is -0.596. The minimum atomic E-state index is -0.596. The van der Waals surface area contributed by atoms with Crippen molar-refractivity contribution in [3.63, 3.8) is 0 Å². The van der Waals surface area contributed by atoms with Gasteiger partial charge >= 0.3 is 0 Å². The fourth-order valence-corrected chi connectivity index (χ4v) is 0.894. The summed E-state index contributed by atoms with van der Waals surface area (Å²) in [6.45, 7) is 9.43. The smallest absolute Gasteiger partial charge is 0.124 e. The van der Waals surface area contributed by atoms with E-state index >= 15 is 0 Å². The number of hydrogen-bond donors (Lipinski definition) is 2. The molecule has 0 spiro atoms. The number of likely N-dealkylation sites (N-methyl/N-ethyl adjacent to an activating group) is 1. The Kier molecular flexibility index (Phi) is 7.39. The summed E-state index contributed by atoms with van der Waals surface area (Å²) in [7, 11) is 0. The molecule has 0 aliphatic rings. The lowest BCUT2D eigenvalue weighted by Gasteiger charge is -2.17. The Balaban J connectivity index is 3.17. The van der Waals surface area contributed by atoms with Gasteiger partial charge in [0.2, 0.25) is 0 Å². The van der Waals surface area contributed by atoms with Crippen LogP contribution >= 0.6 is 0 Å². The molecule has 0 radical (unpaired) electrons. The van der Waals surface area contributed by atoms with E-state index in [2.05, 4.69) is 24.2 Å². The molecule has 2 N–H and O–H groups in total. The monoisotopic (exact) mass is 176 g/mol. The van der Waals surface area contributed by atoms with Crippen molar-refractivity contribution in [2.75, 3.05) is 26.2 Å². The summed E-state index contributed by atoms with van der Waals surface area (Å²) in [5.41, 5.74) is 2.48. The van der Waals surface area contributed by atoms with E-state index in [1.165, 1.54) is 0 Å². The second-order valence-corrected chi connectivity index (χ2v) is 2.67. The molecule has 1 atom stereocenters. The Morgan fingerprint density at radius 2 is 2.00 bits per heavy atom. The fourth-order valence-electron chi connectivity index (χ4n) is 0.894. The molecule has 0 aliphatic heterocycles. The number of aliphatic hydroxyl groups excluding tert-OH is 1. The molecule has 12 heavy (non-hydrogen) atoms. The number of nitrogens with one attached hydrogen (secondary N) is 1. The average molecular weight is 176 g/mol. The van der Waals surface area contributed by atoms with Crippen LogP contribution in [0.25, 0.3) is 0 Å². The number of nitrogens with zero attached hydrogens (tertiary/aromatic N) is 1. The quantitative estimate of drug-likeness (QED) is 0.330. The summed E-state index contributed by atoms with van der Waals surface area (Å²) < 4.78 is 0. The molecule has 0 aromatic carbocycles. The van der Waals surface area contributed by atoms with Gasteiger partial charge in [-0.05, 0) is 20.0 Å². The van der Waals surface area contributed by atoms with Crippen LogP contribution in [-0.2, 0) is 4.84 Å². The first-order chi connectivity index (χ1) is 5.70. The molecule has 0 rings (SSSR count). The highest BCUT2D eigenvalue weighted by molar-refractivity contribution is 4.49. The van der Waals surface area contributed by atoms with Crippen LogP contribution in [0.4, 0.5) is 0 Å². The molecule has 0 aromatic rings. The van der Waals surface area contributed by atoms with E-state index in [-0.39, 0.29) is 0 Å². The number of rotatable bonds is 7. The molecule has 0 saturated heterocycles. The molecule has 0 saturated carbocycles. The summed E-state index contributed by atoms with van der Waals surface area (Å²) in [5, 5.41) is 8.78. The van der Waals surface area contributed by atoms with E-state index in [0.717, 1.165) is 19.6 Å². The highest BCUT2D eigenvalue weighted by Gasteiger charge is 1.98. The molecule has 0 aromatic heterocycles. The van der Waals surface area contributed by atoms with Gasteiger partial charge in [-0.1, -0.05) is 13.8 Å².